The first-order valence-electron chi connectivity index (χ1n) is 7.14. The lowest BCUT2D eigenvalue weighted by atomic mass is 10.2. The molecule has 0 bridgehead atoms. The minimum atomic E-state index is -0.398. The van der Waals surface area contributed by atoms with E-state index in [0.29, 0.717) is 0 Å². The van der Waals surface area contributed by atoms with E-state index >= 15 is 0 Å². The fourth-order valence-electron chi connectivity index (χ4n) is 1.95. The molecule has 2 aromatic carbocycles. The van der Waals surface area contributed by atoms with Crippen molar-refractivity contribution in [3.05, 3.63) is 53.0 Å². The quantitative estimate of drug-likeness (QED) is 0.743. The zero-order valence-corrected chi connectivity index (χ0v) is 14.5. The van der Waals surface area contributed by atoms with Crippen LogP contribution in [0, 0.1) is 0 Å². The van der Waals surface area contributed by atoms with E-state index in [2.05, 4.69) is 31.9 Å². The Morgan fingerprint density at radius 2 is 1.35 bits per heavy atom. The molecular weight excluding hydrogens is 358 g/mol. The van der Waals surface area contributed by atoms with Crippen molar-refractivity contribution in [2.45, 2.75) is 19.9 Å². The molecule has 0 saturated carbocycles. The van der Waals surface area contributed by atoms with E-state index in [4.69, 9.17) is 0 Å². The number of amides is 2. The summed E-state index contributed by atoms with van der Waals surface area (Å²) < 4.78 is 0.959. The SMILES string of the molecule is CC(=O)Nc1ccc(NC(C)C(=O)Nc2ccc(Br)cc2)cc1. The van der Waals surface area contributed by atoms with Crippen LogP contribution in [0.5, 0.6) is 0 Å². The van der Waals surface area contributed by atoms with E-state index < -0.39 is 6.04 Å². The Hall–Kier alpha value is -2.34. The highest BCUT2D eigenvalue weighted by atomic mass is 79.9. The van der Waals surface area contributed by atoms with Gasteiger partial charge in [0, 0.05) is 28.5 Å². The molecule has 1 atom stereocenters. The Kier molecular flexibility index (Phi) is 5.76. The maximum Gasteiger partial charge on any atom is 0.246 e. The van der Waals surface area contributed by atoms with E-state index in [1.165, 1.54) is 6.92 Å². The molecule has 2 rings (SSSR count). The van der Waals surface area contributed by atoms with Crippen LogP contribution >= 0.6 is 15.9 Å². The molecule has 0 aliphatic carbocycles. The zero-order valence-electron chi connectivity index (χ0n) is 12.9. The Bertz CT molecular complexity index is 684. The summed E-state index contributed by atoms with van der Waals surface area (Å²) in [6.45, 7) is 3.25. The number of anilines is 3. The van der Waals surface area contributed by atoms with Gasteiger partial charge >= 0.3 is 0 Å². The molecular formula is C17H18BrN3O2. The van der Waals surface area contributed by atoms with E-state index in [0.717, 1.165) is 21.5 Å². The predicted octanol–water partition coefficient (Wildman–Crippen LogP) is 3.85. The van der Waals surface area contributed by atoms with E-state index in [-0.39, 0.29) is 11.8 Å². The van der Waals surface area contributed by atoms with Crippen LogP contribution in [0.3, 0.4) is 0 Å². The molecule has 5 nitrogen and oxygen atoms in total. The second-order valence-corrected chi connectivity index (χ2v) is 6.04. The van der Waals surface area contributed by atoms with Crippen LogP contribution < -0.4 is 16.0 Å². The van der Waals surface area contributed by atoms with Gasteiger partial charge in [0.2, 0.25) is 11.8 Å². The molecule has 23 heavy (non-hydrogen) atoms. The Balaban J connectivity index is 1.92. The van der Waals surface area contributed by atoms with Gasteiger partial charge in [0.25, 0.3) is 0 Å². The minimum Gasteiger partial charge on any atom is -0.374 e. The van der Waals surface area contributed by atoms with Crippen LogP contribution in [0.2, 0.25) is 0 Å². The molecule has 0 heterocycles. The summed E-state index contributed by atoms with van der Waals surface area (Å²) >= 11 is 3.35. The topological polar surface area (TPSA) is 70.2 Å². The third-order valence-corrected chi connectivity index (χ3v) is 3.62. The number of nitrogens with one attached hydrogen (secondary N) is 3. The predicted molar refractivity (Wildman–Crippen MR) is 96.6 cm³/mol. The molecule has 6 heteroatoms. The first-order chi connectivity index (χ1) is 10.9. The molecule has 0 aliphatic heterocycles. The summed E-state index contributed by atoms with van der Waals surface area (Å²) in [5, 5.41) is 8.66. The van der Waals surface area contributed by atoms with Gasteiger partial charge in [0.05, 0.1) is 0 Å². The number of hydrogen-bond acceptors (Lipinski definition) is 3. The number of rotatable bonds is 5. The molecule has 2 aromatic rings. The summed E-state index contributed by atoms with van der Waals surface area (Å²) in [5.74, 6) is -0.244. The summed E-state index contributed by atoms with van der Waals surface area (Å²) in [7, 11) is 0. The third kappa shape index (κ3) is 5.41. The summed E-state index contributed by atoms with van der Waals surface area (Å²) in [6, 6.07) is 14.2. The molecule has 3 N–H and O–H groups in total. The maximum absolute atomic E-state index is 12.2. The number of hydrogen-bond donors (Lipinski definition) is 3. The van der Waals surface area contributed by atoms with Crippen molar-refractivity contribution < 1.29 is 9.59 Å². The summed E-state index contributed by atoms with van der Waals surface area (Å²) in [6.07, 6.45) is 0. The lowest BCUT2D eigenvalue weighted by Gasteiger charge is -2.15. The van der Waals surface area contributed by atoms with Gasteiger partial charge in [-0.05, 0) is 55.5 Å². The van der Waals surface area contributed by atoms with Crippen molar-refractivity contribution in [2.24, 2.45) is 0 Å². The number of halogens is 1. The summed E-state index contributed by atoms with van der Waals surface area (Å²) in [4.78, 5) is 23.1. The van der Waals surface area contributed by atoms with Gasteiger partial charge in [-0.1, -0.05) is 15.9 Å². The monoisotopic (exact) mass is 375 g/mol. The number of carbonyl (C=O) groups excluding carboxylic acids is 2. The average molecular weight is 376 g/mol. The Morgan fingerprint density at radius 3 is 1.91 bits per heavy atom. The molecule has 0 aliphatic rings. The van der Waals surface area contributed by atoms with Gasteiger partial charge in [0.15, 0.2) is 0 Å². The third-order valence-electron chi connectivity index (χ3n) is 3.09. The van der Waals surface area contributed by atoms with Crippen molar-refractivity contribution in [3.8, 4) is 0 Å². The molecule has 0 radical (unpaired) electrons. The highest BCUT2D eigenvalue weighted by Crippen LogP contribution is 2.16. The first-order valence-corrected chi connectivity index (χ1v) is 7.94. The smallest absolute Gasteiger partial charge is 0.246 e. The van der Waals surface area contributed by atoms with Gasteiger partial charge in [-0.3, -0.25) is 9.59 Å². The van der Waals surface area contributed by atoms with Crippen LogP contribution in [0.15, 0.2) is 53.0 Å². The maximum atomic E-state index is 12.2. The van der Waals surface area contributed by atoms with Crippen LogP contribution in [-0.4, -0.2) is 17.9 Å². The van der Waals surface area contributed by atoms with Gasteiger partial charge in [-0.2, -0.15) is 0 Å². The lowest BCUT2D eigenvalue weighted by Crippen LogP contribution is -2.31. The van der Waals surface area contributed by atoms with Crippen molar-refractivity contribution >= 4 is 44.8 Å². The van der Waals surface area contributed by atoms with E-state index in [9.17, 15) is 9.59 Å². The van der Waals surface area contributed by atoms with Gasteiger partial charge in [-0.15, -0.1) is 0 Å². The van der Waals surface area contributed by atoms with Crippen molar-refractivity contribution in [3.63, 3.8) is 0 Å². The van der Waals surface area contributed by atoms with Crippen molar-refractivity contribution in [1.82, 2.24) is 0 Å². The molecule has 0 spiro atoms. The fraction of sp³-hybridized carbons (Fsp3) is 0.176. The van der Waals surface area contributed by atoms with Crippen LogP contribution in [0.25, 0.3) is 0 Å². The minimum absolute atomic E-state index is 0.118. The zero-order chi connectivity index (χ0) is 16.8. The van der Waals surface area contributed by atoms with Crippen LogP contribution in [-0.2, 0) is 9.59 Å². The normalized spacial score (nSPS) is 11.4. The van der Waals surface area contributed by atoms with Crippen LogP contribution in [0.1, 0.15) is 13.8 Å². The molecule has 120 valence electrons. The van der Waals surface area contributed by atoms with E-state index in [1.54, 1.807) is 19.1 Å². The van der Waals surface area contributed by atoms with Gasteiger partial charge < -0.3 is 16.0 Å². The number of benzene rings is 2. The molecule has 2 amide bonds. The molecule has 1 unspecified atom stereocenters. The average Bonchev–Trinajstić information content (AvgIpc) is 2.51. The standard InChI is InChI=1S/C17H18BrN3O2/c1-11(17(23)21-16-5-3-13(18)4-6-16)19-14-7-9-15(10-8-14)20-12(2)22/h3-11,19H,1-2H3,(H,20,22)(H,21,23). The highest BCUT2D eigenvalue weighted by Gasteiger charge is 2.12. The molecule has 0 saturated heterocycles. The van der Waals surface area contributed by atoms with Crippen LogP contribution in [0.4, 0.5) is 17.1 Å². The Labute approximate surface area is 143 Å². The van der Waals surface area contributed by atoms with Crippen molar-refractivity contribution in [2.75, 3.05) is 16.0 Å². The second kappa shape index (κ2) is 7.78. The highest BCUT2D eigenvalue weighted by molar-refractivity contribution is 9.10. The number of carbonyl (C=O) groups is 2. The van der Waals surface area contributed by atoms with Gasteiger partial charge in [-0.25, -0.2) is 0 Å². The summed E-state index contributed by atoms with van der Waals surface area (Å²) in [5.41, 5.74) is 2.26. The van der Waals surface area contributed by atoms with Crippen molar-refractivity contribution in [1.29, 1.82) is 0 Å². The second-order valence-electron chi connectivity index (χ2n) is 5.12. The van der Waals surface area contributed by atoms with Gasteiger partial charge in [0.1, 0.15) is 6.04 Å². The fourth-order valence-corrected chi connectivity index (χ4v) is 2.22. The largest absolute Gasteiger partial charge is 0.374 e. The van der Waals surface area contributed by atoms with E-state index in [1.807, 2.05) is 36.4 Å². The molecule has 0 fully saturated rings. The Morgan fingerprint density at radius 1 is 0.870 bits per heavy atom. The molecule has 0 aromatic heterocycles. The first kappa shape index (κ1) is 17.0. The lowest BCUT2D eigenvalue weighted by molar-refractivity contribution is -0.116.